The lowest BCUT2D eigenvalue weighted by Gasteiger charge is -2.40. The Morgan fingerprint density at radius 1 is 1.27 bits per heavy atom. The minimum Gasteiger partial charge on any atom is -0.377 e. The summed E-state index contributed by atoms with van der Waals surface area (Å²) in [5, 5.41) is 11.1. The number of benzene rings is 1. The van der Waals surface area contributed by atoms with Crippen LogP contribution in [0.25, 0.3) is 0 Å². The molecule has 0 amide bonds. The van der Waals surface area contributed by atoms with Crippen molar-refractivity contribution >= 4 is 5.78 Å². The molecule has 1 aliphatic carbocycles. The number of ketones is 1. The molecule has 22 heavy (non-hydrogen) atoms. The monoisotopic (exact) mass is 299 g/mol. The molecule has 3 heteroatoms. The van der Waals surface area contributed by atoms with Gasteiger partial charge in [-0.15, -0.1) is 5.92 Å². The van der Waals surface area contributed by atoms with Gasteiger partial charge in [-0.05, 0) is 38.4 Å². The highest BCUT2D eigenvalue weighted by atomic mass is 16.3. The summed E-state index contributed by atoms with van der Waals surface area (Å²) in [6.45, 7) is 0.694. The number of hydrogen-bond donors (Lipinski definition) is 1. The number of carbonyl (C=O) groups is 1. The van der Waals surface area contributed by atoms with Crippen LogP contribution in [0.4, 0.5) is 0 Å². The van der Waals surface area contributed by atoms with Crippen molar-refractivity contribution in [2.24, 2.45) is 5.92 Å². The summed E-state index contributed by atoms with van der Waals surface area (Å²) >= 11 is 0. The Morgan fingerprint density at radius 3 is 2.50 bits per heavy atom. The second-order valence-corrected chi connectivity index (χ2v) is 6.27. The van der Waals surface area contributed by atoms with Crippen molar-refractivity contribution in [3.8, 4) is 11.8 Å². The molecule has 3 nitrogen and oxygen atoms in total. The first-order valence-electron chi connectivity index (χ1n) is 7.96. The Kier molecular flexibility index (Phi) is 5.76. The molecule has 0 heterocycles. The van der Waals surface area contributed by atoms with E-state index in [-0.39, 0.29) is 11.7 Å². The summed E-state index contributed by atoms with van der Waals surface area (Å²) in [4.78, 5) is 14.7. The molecular formula is C19H25NO2. The lowest BCUT2D eigenvalue weighted by atomic mass is 9.67. The van der Waals surface area contributed by atoms with E-state index < -0.39 is 5.60 Å². The van der Waals surface area contributed by atoms with Crippen LogP contribution in [0, 0.1) is 17.8 Å². The molecule has 0 spiro atoms. The molecule has 1 atom stereocenters. The van der Waals surface area contributed by atoms with Crippen LogP contribution < -0.4 is 0 Å². The van der Waals surface area contributed by atoms with Gasteiger partial charge in [0, 0.05) is 12.8 Å². The summed E-state index contributed by atoms with van der Waals surface area (Å²) in [6.07, 6.45) is 3.75. The van der Waals surface area contributed by atoms with Crippen molar-refractivity contribution in [1.29, 1.82) is 0 Å². The molecular weight excluding hydrogens is 274 g/mol. The van der Waals surface area contributed by atoms with E-state index in [1.54, 1.807) is 0 Å². The molecule has 1 unspecified atom stereocenters. The molecule has 1 aromatic rings. The molecule has 1 aromatic carbocycles. The quantitative estimate of drug-likeness (QED) is 0.821. The van der Waals surface area contributed by atoms with Crippen LogP contribution >= 0.6 is 0 Å². The summed E-state index contributed by atoms with van der Waals surface area (Å²) < 4.78 is 0. The summed E-state index contributed by atoms with van der Waals surface area (Å²) in [6, 6.07) is 9.37. The minimum atomic E-state index is -1.33. The summed E-state index contributed by atoms with van der Waals surface area (Å²) in [5.74, 6) is 6.01. The highest BCUT2D eigenvalue weighted by Crippen LogP contribution is 2.43. The van der Waals surface area contributed by atoms with E-state index in [9.17, 15) is 9.90 Å². The van der Waals surface area contributed by atoms with Crippen molar-refractivity contribution in [3.63, 3.8) is 0 Å². The van der Waals surface area contributed by atoms with Crippen molar-refractivity contribution < 1.29 is 9.90 Å². The maximum Gasteiger partial charge on any atom is 0.170 e. The Balaban J connectivity index is 2.05. The number of aliphatic hydroxyl groups is 1. The number of Topliss-reactive ketones (excluding diaryl/α,β-unsaturated/α-hetero) is 1. The van der Waals surface area contributed by atoms with Gasteiger partial charge >= 0.3 is 0 Å². The lowest BCUT2D eigenvalue weighted by molar-refractivity contribution is -0.149. The van der Waals surface area contributed by atoms with Gasteiger partial charge in [-0.3, -0.25) is 9.69 Å². The Morgan fingerprint density at radius 2 is 1.95 bits per heavy atom. The number of carbonyl (C=O) groups excluding carboxylic acids is 1. The van der Waals surface area contributed by atoms with Gasteiger partial charge in [-0.1, -0.05) is 42.7 Å². The smallest absolute Gasteiger partial charge is 0.170 e. The Bertz CT molecular complexity index is 552. The second kappa shape index (κ2) is 7.58. The third-order valence-electron chi connectivity index (χ3n) is 4.33. The van der Waals surface area contributed by atoms with Gasteiger partial charge in [0.1, 0.15) is 0 Å². The topological polar surface area (TPSA) is 40.5 Å². The molecule has 2 rings (SSSR count). The molecule has 0 bridgehead atoms. The molecule has 1 saturated carbocycles. The fraction of sp³-hybridized carbons (Fsp3) is 0.526. The van der Waals surface area contributed by atoms with E-state index in [0.29, 0.717) is 19.4 Å². The Hall–Kier alpha value is -1.63. The lowest BCUT2D eigenvalue weighted by Crippen LogP contribution is -2.46. The average molecular weight is 299 g/mol. The van der Waals surface area contributed by atoms with Crippen LogP contribution in [0.3, 0.4) is 0 Å². The minimum absolute atomic E-state index is 0.0529. The van der Waals surface area contributed by atoms with Gasteiger partial charge in [-0.2, -0.15) is 0 Å². The normalized spacial score (nSPS) is 17.3. The fourth-order valence-corrected chi connectivity index (χ4v) is 2.81. The van der Waals surface area contributed by atoms with Gasteiger partial charge in [-0.25, -0.2) is 0 Å². The molecule has 1 N–H and O–H groups in total. The molecule has 0 saturated heterocycles. The highest BCUT2D eigenvalue weighted by Gasteiger charge is 2.46. The van der Waals surface area contributed by atoms with Crippen molar-refractivity contribution in [1.82, 2.24) is 4.90 Å². The molecule has 0 aliphatic heterocycles. The zero-order chi connectivity index (χ0) is 16.0. The maximum atomic E-state index is 12.7. The van der Waals surface area contributed by atoms with Gasteiger partial charge in [0.25, 0.3) is 0 Å². The van der Waals surface area contributed by atoms with Crippen molar-refractivity contribution in [2.45, 2.75) is 37.7 Å². The first kappa shape index (κ1) is 16.7. The molecule has 0 aromatic heterocycles. The first-order valence-corrected chi connectivity index (χ1v) is 7.96. The van der Waals surface area contributed by atoms with Gasteiger partial charge in [0.15, 0.2) is 11.4 Å². The van der Waals surface area contributed by atoms with Crippen LogP contribution in [-0.2, 0) is 10.4 Å². The van der Waals surface area contributed by atoms with E-state index >= 15 is 0 Å². The van der Waals surface area contributed by atoms with E-state index in [2.05, 4.69) is 11.8 Å². The predicted octanol–water partition coefficient (Wildman–Crippen LogP) is 2.59. The summed E-state index contributed by atoms with van der Waals surface area (Å²) in [7, 11) is 3.93. The first-order chi connectivity index (χ1) is 10.5. The van der Waals surface area contributed by atoms with E-state index in [1.165, 1.54) is 0 Å². The van der Waals surface area contributed by atoms with E-state index in [4.69, 9.17) is 0 Å². The Labute approximate surface area is 133 Å². The maximum absolute atomic E-state index is 12.7. The average Bonchev–Trinajstić information content (AvgIpc) is 2.45. The SMILES string of the molecule is CN(C)CC#CCCC(=O)C(O)(c1ccccc1)C1CCC1. The van der Waals surface area contributed by atoms with Crippen molar-refractivity contribution in [2.75, 3.05) is 20.6 Å². The molecule has 1 aliphatic rings. The van der Waals surface area contributed by atoms with E-state index in [0.717, 1.165) is 24.8 Å². The third kappa shape index (κ3) is 3.76. The zero-order valence-electron chi connectivity index (χ0n) is 13.5. The zero-order valence-corrected chi connectivity index (χ0v) is 13.5. The molecule has 118 valence electrons. The predicted molar refractivity (Wildman–Crippen MR) is 88.3 cm³/mol. The second-order valence-electron chi connectivity index (χ2n) is 6.27. The van der Waals surface area contributed by atoms with Crippen LogP contribution in [-0.4, -0.2) is 36.4 Å². The van der Waals surface area contributed by atoms with Crippen LogP contribution in [0.5, 0.6) is 0 Å². The standard InChI is InChI=1S/C19H25NO2/c1-20(2)15-8-4-7-14-18(21)19(22,17-12-9-13-17)16-10-5-3-6-11-16/h3,5-6,10-11,17,22H,7,9,12-15H2,1-2H3. The van der Waals surface area contributed by atoms with Gasteiger partial charge in [0.2, 0.25) is 0 Å². The van der Waals surface area contributed by atoms with Crippen LogP contribution in [0.15, 0.2) is 30.3 Å². The molecule has 1 fully saturated rings. The van der Waals surface area contributed by atoms with Gasteiger partial charge in [0.05, 0.1) is 6.54 Å². The summed E-state index contributed by atoms with van der Waals surface area (Å²) in [5.41, 5.74) is -0.603. The highest BCUT2D eigenvalue weighted by molar-refractivity contribution is 5.89. The largest absolute Gasteiger partial charge is 0.377 e. The number of hydrogen-bond acceptors (Lipinski definition) is 3. The van der Waals surface area contributed by atoms with Gasteiger partial charge < -0.3 is 5.11 Å². The van der Waals surface area contributed by atoms with Crippen LogP contribution in [0.1, 0.15) is 37.7 Å². The third-order valence-corrected chi connectivity index (χ3v) is 4.33. The fourth-order valence-electron chi connectivity index (χ4n) is 2.81. The number of nitrogens with zero attached hydrogens (tertiary/aromatic N) is 1. The molecule has 0 radical (unpaired) electrons. The van der Waals surface area contributed by atoms with Crippen molar-refractivity contribution in [3.05, 3.63) is 35.9 Å². The van der Waals surface area contributed by atoms with Crippen LogP contribution in [0.2, 0.25) is 0 Å². The number of rotatable bonds is 6. The van der Waals surface area contributed by atoms with E-state index in [1.807, 2.05) is 49.3 Å².